The van der Waals surface area contributed by atoms with Gasteiger partial charge in [0.1, 0.15) is 5.75 Å². The lowest BCUT2D eigenvalue weighted by Crippen LogP contribution is -2.31. The van der Waals surface area contributed by atoms with Gasteiger partial charge in [0.25, 0.3) is 0 Å². The van der Waals surface area contributed by atoms with Crippen LogP contribution in [0.25, 0.3) is 10.9 Å². The summed E-state index contributed by atoms with van der Waals surface area (Å²) in [7, 11) is 0. The lowest BCUT2D eigenvalue weighted by molar-refractivity contribution is 0.0982. The summed E-state index contributed by atoms with van der Waals surface area (Å²) in [5, 5.41) is 4.45. The van der Waals surface area contributed by atoms with Crippen LogP contribution in [0.1, 0.15) is 61.4 Å². The highest BCUT2D eigenvalue weighted by Crippen LogP contribution is 2.33. The number of ketones is 1. The number of aromatic nitrogens is 1. The van der Waals surface area contributed by atoms with Crippen LogP contribution < -0.4 is 10.1 Å². The van der Waals surface area contributed by atoms with Gasteiger partial charge in [0.2, 0.25) is 0 Å². The van der Waals surface area contributed by atoms with Crippen LogP contribution in [0.15, 0.2) is 48.7 Å². The van der Waals surface area contributed by atoms with E-state index in [9.17, 15) is 4.79 Å². The number of fused-ring (bicyclic) bond motifs is 1. The SMILES string of the molecule is CCCC(=O)c1cnc2ccc(OCCCN3CCCCC3)cc2c1Nc1ccccc1C. The van der Waals surface area contributed by atoms with E-state index >= 15 is 0 Å². The minimum absolute atomic E-state index is 0.107. The minimum Gasteiger partial charge on any atom is -0.494 e. The summed E-state index contributed by atoms with van der Waals surface area (Å²) in [4.78, 5) is 20.0. The van der Waals surface area contributed by atoms with E-state index in [0.29, 0.717) is 18.6 Å². The van der Waals surface area contributed by atoms with E-state index in [2.05, 4.69) is 28.2 Å². The Bertz CT molecular complexity index is 1090. The van der Waals surface area contributed by atoms with Gasteiger partial charge in [-0.25, -0.2) is 0 Å². The van der Waals surface area contributed by atoms with E-state index in [1.165, 1.54) is 32.4 Å². The van der Waals surface area contributed by atoms with Crippen molar-refractivity contribution in [3.63, 3.8) is 0 Å². The van der Waals surface area contributed by atoms with Crippen LogP contribution in [-0.2, 0) is 0 Å². The third kappa shape index (κ3) is 5.91. The zero-order valence-corrected chi connectivity index (χ0v) is 19.9. The van der Waals surface area contributed by atoms with Gasteiger partial charge in [-0.1, -0.05) is 31.5 Å². The molecular weight excluding hydrogens is 410 g/mol. The summed E-state index contributed by atoms with van der Waals surface area (Å²) in [5.41, 5.74) is 4.41. The Morgan fingerprint density at radius 1 is 1.12 bits per heavy atom. The Morgan fingerprint density at radius 2 is 1.94 bits per heavy atom. The average molecular weight is 446 g/mol. The number of carbonyl (C=O) groups is 1. The van der Waals surface area contributed by atoms with Crippen molar-refractivity contribution in [2.45, 2.75) is 52.4 Å². The first-order valence-corrected chi connectivity index (χ1v) is 12.3. The molecule has 0 aliphatic carbocycles. The van der Waals surface area contributed by atoms with E-state index < -0.39 is 0 Å². The van der Waals surface area contributed by atoms with Gasteiger partial charge in [-0.3, -0.25) is 9.78 Å². The number of rotatable bonds is 10. The number of carbonyl (C=O) groups excluding carboxylic acids is 1. The van der Waals surface area contributed by atoms with Crippen molar-refractivity contribution in [2.24, 2.45) is 0 Å². The molecule has 174 valence electrons. The molecule has 1 N–H and O–H groups in total. The maximum Gasteiger partial charge on any atom is 0.166 e. The molecule has 0 radical (unpaired) electrons. The standard InChI is InChI=1S/C28H35N3O2/c1-3-10-27(32)24-20-29-26-14-13-22(33-18-9-17-31-15-7-4-8-16-31)19-23(26)28(24)30-25-12-6-5-11-21(25)2/h5-6,11-14,19-20H,3-4,7-10,15-18H2,1-2H3,(H,29,30). The number of ether oxygens (including phenoxy) is 1. The molecule has 0 saturated carbocycles. The average Bonchev–Trinajstić information content (AvgIpc) is 2.84. The molecule has 0 atom stereocenters. The molecule has 2 aromatic carbocycles. The highest BCUT2D eigenvalue weighted by Gasteiger charge is 2.17. The number of aryl methyl sites for hydroxylation is 1. The predicted molar refractivity (Wildman–Crippen MR) is 136 cm³/mol. The third-order valence-electron chi connectivity index (χ3n) is 6.36. The second-order valence-corrected chi connectivity index (χ2v) is 8.94. The number of hydrogen-bond acceptors (Lipinski definition) is 5. The van der Waals surface area contributed by atoms with Crippen molar-refractivity contribution in [2.75, 3.05) is 31.6 Å². The zero-order valence-electron chi connectivity index (χ0n) is 19.9. The largest absolute Gasteiger partial charge is 0.494 e. The number of pyridine rings is 1. The van der Waals surface area contributed by atoms with Gasteiger partial charge in [-0.05, 0) is 75.5 Å². The number of para-hydroxylation sites is 1. The van der Waals surface area contributed by atoms with Gasteiger partial charge < -0.3 is 15.0 Å². The molecule has 1 saturated heterocycles. The predicted octanol–water partition coefficient (Wildman–Crippen LogP) is 6.52. The highest BCUT2D eigenvalue weighted by molar-refractivity contribution is 6.09. The minimum atomic E-state index is 0.107. The van der Waals surface area contributed by atoms with E-state index in [4.69, 9.17) is 4.74 Å². The first kappa shape index (κ1) is 23.2. The van der Waals surface area contributed by atoms with Crippen LogP contribution in [0, 0.1) is 6.92 Å². The number of benzene rings is 2. The molecule has 1 aromatic heterocycles. The Balaban J connectivity index is 1.58. The van der Waals surface area contributed by atoms with Crippen molar-refractivity contribution in [1.82, 2.24) is 9.88 Å². The van der Waals surface area contributed by atoms with Crippen molar-refractivity contribution in [1.29, 1.82) is 0 Å². The molecule has 3 aromatic rings. The number of Topliss-reactive ketones (excluding diaryl/α,β-unsaturated/α-hetero) is 1. The topological polar surface area (TPSA) is 54.5 Å². The molecular formula is C28H35N3O2. The summed E-state index contributed by atoms with van der Waals surface area (Å²) in [6, 6.07) is 14.1. The molecule has 33 heavy (non-hydrogen) atoms. The van der Waals surface area contributed by atoms with Crippen molar-refractivity contribution in [3.05, 3.63) is 59.8 Å². The molecule has 5 heteroatoms. The number of likely N-dealkylation sites (tertiary alicyclic amines) is 1. The van der Waals surface area contributed by atoms with Gasteiger partial charge in [-0.2, -0.15) is 0 Å². The fraction of sp³-hybridized carbons (Fsp3) is 0.429. The van der Waals surface area contributed by atoms with Crippen molar-refractivity contribution >= 4 is 28.1 Å². The first-order chi connectivity index (χ1) is 16.2. The van der Waals surface area contributed by atoms with Crippen LogP contribution in [0.3, 0.4) is 0 Å². The Kier molecular flexibility index (Phi) is 7.95. The van der Waals surface area contributed by atoms with Crippen LogP contribution in [0.5, 0.6) is 5.75 Å². The second-order valence-electron chi connectivity index (χ2n) is 8.94. The molecule has 1 fully saturated rings. The highest BCUT2D eigenvalue weighted by atomic mass is 16.5. The maximum absolute atomic E-state index is 12.9. The monoisotopic (exact) mass is 445 g/mol. The fourth-order valence-electron chi connectivity index (χ4n) is 4.48. The van der Waals surface area contributed by atoms with Gasteiger partial charge >= 0.3 is 0 Å². The molecule has 4 rings (SSSR count). The van der Waals surface area contributed by atoms with Crippen LogP contribution in [-0.4, -0.2) is 41.9 Å². The van der Waals surface area contributed by atoms with Crippen LogP contribution in [0.2, 0.25) is 0 Å². The molecule has 2 heterocycles. The molecule has 0 unspecified atom stereocenters. The fourth-order valence-corrected chi connectivity index (χ4v) is 4.48. The first-order valence-electron chi connectivity index (χ1n) is 12.3. The molecule has 1 aliphatic rings. The maximum atomic E-state index is 12.9. The summed E-state index contributed by atoms with van der Waals surface area (Å²) >= 11 is 0. The van der Waals surface area contributed by atoms with Crippen LogP contribution in [0.4, 0.5) is 11.4 Å². The number of nitrogens with zero attached hydrogens (tertiary/aromatic N) is 2. The lowest BCUT2D eigenvalue weighted by atomic mass is 10.0. The van der Waals surface area contributed by atoms with E-state index in [-0.39, 0.29) is 5.78 Å². The van der Waals surface area contributed by atoms with Crippen LogP contribution >= 0.6 is 0 Å². The number of hydrogen-bond donors (Lipinski definition) is 1. The molecule has 1 aliphatic heterocycles. The van der Waals surface area contributed by atoms with Gasteiger partial charge in [0.15, 0.2) is 5.78 Å². The molecule has 5 nitrogen and oxygen atoms in total. The van der Waals surface area contributed by atoms with E-state index in [1.807, 2.05) is 43.3 Å². The van der Waals surface area contributed by atoms with Gasteiger partial charge in [0.05, 0.1) is 23.4 Å². The molecule has 0 amide bonds. The molecule has 0 spiro atoms. The summed E-state index contributed by atoms with van der Waals surface area (Å²) in [6.07, 6.45) is 8.02. The third-order valence-corrected chi connectivity index (χ3v) is 6.36. The van der Waals surface area contributed by atoms with Crippen molar-refractivity contribution < 1.29 is 9.53 Å². The van der Waals surface area contributed by atoms with Gasteiger partial charge in [0, 0.05) is 30.2 Å². The normalized spacial score (nSPS) is 14.4. The van der Waals surface area contributed by atoms with Crippen molar-refractivity contribution in [3.8, 4) is 5.75 Å². The quantitative estimate of drug-likeness (QED) is 0.284. The Morgan fingerprint density at radius 3 is 2.73 bits per heavy atom. The lowest BCUT2D eigenvalue weighted by Gasteiger charge is -2.26. The number of nitrogens with one attached hydrogen (secondary N) is 1. The Hall–Kier alpha value is -2.92. The van der Waals surface area contributed by atoms with Gasteiger partial charge in [-0.15, -0.1) is 0 Å². The zero-order chi connectivity index (χ0) is 23.0. The molecule has 0 bridgehead atoms. The Labute approximate surface area is 197 Å². The summed E-state index contributed by atoms with van der Waals surface area (Å²) in [5.74, 6) is 0.923. The summed E-state index contributed by atoms with van der Waals surface area (Å²) in [6.45, 7) is 8.29. The number of piperidine rings is 1. The van der Waals surface area contributed by atoms with E-state index in [1.54, 1.807) is 6.20 Å². The van der Waals surface area contributed by atoms with E-state index in [0.717, 1.165) is 53.0 Å². The second kappa shape index (κ2) is 11.3. The number of anilines is 2. The summed E-state index contributed by atoms with van der Waals surface area (Å²) < 4.78 is 6.11. The smallest absolute Gasteiger partial charge is 0.166 e.